The van der Waals surface area contributed by atoms with Crippen molar-refractivity contribution in [1.82, 2.24) is 0 Å². The van der Waals surface area contributed by atoms with Crippen LogP contribution >= 0.6 is 11.6 Å². The summed E-state index contributed by atoms with van der Waals surface area (Å²) in [6.07, 6.45) is 4.23. The molecule has 0 heterocycles. The molecule has 0 amide bonds. The highest BCUT2D eigenvalue weighted by atomic mass is 35.5. The van der Waals surface area contributed by atoms with E-state index < -0.39 is 0 Å². The van der Waals surface area contributed by atoms with Crippen molar-refractivity contribution in [3.63, 3.8) is 0 Å². The Hall–Kier alpha value is -0.690. The fourth-order valence-electron chi connectivity index (χ4n) is 3.22. The number of alkyl halides is 1. The zero-order valence-corrected chi connectivity index (χ0v) is 11.6. The van der Waals surface area contributed by atoms with Crippen LogP contribution < -0.4 is 0 Å². The van der Waals surface area contributed by atoms with Crippen molar-refractivity contribution in [2.24, 2.45) is 0 Å². The van der Waals surface area contributed by atoms with E-state index in [9.17, 15) is 5.11 Å². The van der Waals surface area contributed by atoms with Gasteiger partial charge in [0, 0.05) is 4.87 Å². The number of phenols is 1. The van der Waals surface area contributed by atoms with Crippen LogP contribution in [0, 0.1) is 6.92 Å². The Morgan fingerprint density at radius 3 is 2.53 bits per heavy atom. The van der Waals surface area contributed by atoms with Crippen LogP contribution in [0.5, 0.6) is 5.75 Å². The van der Waals surface area contributed by atoms with Gasteiger partial charge in [0.05, 0.1) is 0 Å². The average Bonchev–Trinajstić information content (AvgIpc) is 2.14. The first-order valence-electron chi connectivity index (χ1n) is 6.31. The molecule has 0 aromatic heterocycles. The third kappa shape index (κ3) is 2.60. The highest BCUT2D eigenvalue weighted by molar-refractivity contribution is 6.23. The van der Waals surface area contributed by atoms with Gasteiger partial charge in [-0.3, -0.25) is 0 Å². The summed E-state index contributed by atoms with van der Waals surface area (Å²) in [6, 6.07) is 5.98. The summed E-state index contributed by atoms with van der Waals surface area (Å²) in [5, 5.41) is 10.1. The predicted octanol–water partition coefficient (Wildman–Crippen LogP) is 4.53. The Kier molecular flexibility index (Phi) is 3.15. The third-order valence-corrected chi connectivity index (χ3v) is 4.31. The number of halogens is 1. The zero-order chi connectivity index (χ0) is 12.7. The molecule has 1 aromatic carbocycles. The Bertz CT molecular complexity index is 425. The van der Waals surface area contributed by atoms with Crippen LogP contribution in [-0.2, 0) is 5.41 Å². The third-order valence-electron chi connectivity index (χ3n) is 3.99. The maximum Gasteiger partial charge on any atom is 0.119 e. The van der Waals surface area contributed by atoms with Crippen LogP contribution in [0.1, 0.15) is 50.7 Å². The van der Waals surface area contributed by atoms with Crippen molar-refractivity contribution in [2.45, 2.75) is 56.7 Å². The summed E-state index contributed by atoms with van der Waals surface area (Å²) in [5.41, 5.74) is 2.15. The van der Waals surface area contributed by atoms with Crippen molar-refractivity contribution < 1.29 is 5.11 Å². The van der Waals surface area contributed by atoms with E-state index in [1.54, 1.807) is 0 Å². The second-order valence-electron chi connectivity index (χ2n) is 6.02. The van der Waals surface area contributed by atoms with E-state index in [2.05, 4.69) is 26.0 Å². The lowest BCUT2D eigenvalue weighted by Gasteiger charge is -2.42. The van der Waals surface area contributed by atoms with Gasteiger partial charge in [-0.1, -0.05) is 25.5 Å². The van der Waals surface area contributed by atoms with E-state index in [0.717, 1.165) is 36.8 Å². The van der Waals surface area contributed by atoms with E-state index in [0.29, 0.717) is 5.75 Å². The minimum Gasteiger partial charge on any atom is -0.508 e. The number of rotatable bonds is 1. The summed E-state index contributed by atoms with van der Waals surface area (Å²) < 4.78 is 0. The molecule has 94 valence electrons. The normalized spacial score (nSPS) is 33.6. The van der Waals surface area contributed by atoms with Crippen LogP contribution in [0.3, 0.4) is 0 Å². The van der Waals surface area contributed by atoms with Gasteiger partial charge in [0.1, 0.15) is 5.75 Å². The largest absolute Gasteiger partial charge is 0.508 e. The first kappa shape index (κ1) is 12.8. The predicted molar refractivity (Wildman–Crippen MR) is 72.9 cm³/mol. The van der Waals surface area contributed by atoms with Gasteiger partial charge in [0.15, 0.2) is 0 Å². The smallest absolute Gasteiger partial charge is 0.119 e. The summed E-state index contributed by atoms with van der Waals surface area (Å²) in [4.78, 5) is -0.135. The van der Waals surface area contributed by atoms with Crippen LogP contribution in [0.4, 0.5) is 0 Å². The molecule has 2 atom stereocenters. The molecule has 1 aliphatic rings. The molecule has 1 aromatic rings. The lowest BCUT2D eigenvalue weighted by molar-refractivity contribution is 0.264. The van der Waals surface area contributed by atoms with Gasteiger partial charge < -0.3 is 5.11 Å². The molecule has 0 unspecified atom stereocenters. The number of hydrogen-bond donors (Lipinski definition) is 1. The number of aryl methyl sites for hydroxylation is 1. The minimum absolute atomic E-state index is 0.00648. The van der Waals surface area contributed by atoms with E-state index >= 15 is 0 Å². The summed E-state index contributed by atoms with van der Waals surface area (Å²) >= 11 is 6.51. The number of benzene rings is 1. The Labute approximate surface area is 109 Å². The highest BCUT2D eigenvalue weighted by Crippen LogP contribution is 2.48. The van der Waals surface area contributed by atoms with E-state index in [4.69, 9.17) is 11.6 Å². The summed E-state index contributed by atoms with van der Waals surface area (Å²) in [5.74, 6) is 0.418. The molecular formula is C15H21ClO. The molecule has 1 fully saturated rings. The van der Waals surface area contributed by atoms with Gasteiger partial charge >= 0.3 is 0 Å². The van der Waals surface area contributed by atoms with Crippen LogP contribution in [0.25, 0.3) is 0 Å². The van der Waals surface area contributed by atoms with Crippen molar-refractivity contribution in [3.05, 3.63) is 29.3 Å². The van der Waals surface area contributed by atoms with Crippen molar-refractivity contribution in [1.29, 1.82) is 0 Å². The monoisotopic (exact) mass is 252 g/mol. The van der Waals surface area contributed by atoms with Gasteiger partial charge in [0.2, 0.25) is 0 Å². The molecule has 1 nitrogen and oxygen atoms in total. The lowest BCUT2D eigenvalue weighted by atomic mass is 9.67. The first-order valence-corrected chi connectivity index (χ1v) is 6.69. The number of aromatic hydroxyl groups is 1. The fourth-order valence-corrected chi connectivity index (χ4v) is 3.65. The molecule has 17 heavy (non-hydrogen) atoms. The van der Waals surface area contributed by atoms with Crippen molar-refractivity contribution in [3.8, 4) is 5.75 Å². The zero-order valence-electron chi connectivity index (χ0n) is 10.9. The Morgan fingerprint density at radius 1 is 1.24 bits per heavy atom. The van der Waals surface area contributed by atoms with Crippen molar-refractivity contribution in [2.75, 3.05) is 0 Å². The fraction of sp³-hybridized carbons (Fsp3) is 0.600. The summed E-state index contributed by atoms with van der Waals surface area (Å²) in [6.45, 7) is 6.33. The van der Waals surface area contributed by atoms with Gasteiger partial charge in [-0.15, -0.1) is 11.6 Å². The molecule has 0 bridgehead atoms. The number of hydrogen-bond acceptors (Lipinski definition) is 1. The average molecular weight is 253 g/mol. The molecule has 2 rings (SSSR count). The standard InChI is InChI=1S/C15H21ClO/c1-11-5-6-12(13(17)9-11)14(2)7-4-8-15(3,16)10-14/h5-6,9,17H,4,7-8,10H2,1-3H3/t14-,15-/m1/s1. The van der Waals surface area contributed by atoms with Crippen LogP contribution in [-0.4, -0.2) is 9.98 Å². The van der Waals surface area contributed by atoms with Crippen LogP contribution in [0.15, 0.2) is 18.2 Å². The Morgan fingerprint density at radius 2 is 1.94 bits per heavy atom. The van der Waals surface area contributed by atoms with Gasteiger partial charge in [-0.05, 0) is 55.7 Å². The SMILES string of the molecule is Cc1ccc([C@]2(C)CCC[C@@](C)(Cl)C2)c(O)c1. The van der Waals surface area contributed by atoms with Crippen LogP contribution in [0.2, 0.25) is 0 Å². The molecule has 1 N–H and O–H groups in total. The maximum atomic E-state index is 10.1. The second kappa shape index (κ2) is 4.20. The molecule has 0 spiro atoms. The maximum absolute atomic E-state index is 10.1. The van der Waals surface area contributed by atoms with Gasteiger partial charge in [0.25, 0.3) is 0 Å². The minimum atomic E-state index is -0.135. The lowest BCUT2D eigenvalue weighted by Crippen LogP contribution is -2.36. The molecule has 0 radical (unpaired) electrons. The molecule has 1 aliphatic carbocycles. The van der Waals surface area contributed by atoms with E-state index in [-0.39, 0.29) is 10.3 Å². The van der Waals surface area contributed by atoms with Gasteiger partial charge in [-0.2, -0.15) is 0 Å². The van der Waals surface area contributed by atoms with Crippen molar-refractivity contribution >= 4 is 11.6 Å². The molecule has 0 aliphatic heterocycles. The van der Waals surface area contributed by atoms with E-state index in [1.807, 2.05) is 13.0 Å². The molecule has 0 saturated heterocycles. The molecular weight excluding hydrogens is 232 g/mol. The Balaban J connectivity index is 2.37. The van der Waals surface area contributed by atoms with Gasteiger partial charge in [-0.25, -0.2) is 0 Å². The second-order valence-corrected chi connectivity index (χ2v) is 6.94. The quantitative estimate of drug-likeness (QED) is 0.728. The van der Waals surface area contributed by atoms with E-state index in [1.165, 1.54) is 0 Å². The molecule has 1 saturated carbocycles. The highest BCUT2D eigenvalue weighted by Gasteiger charge is 2.40. The topological polar surface area (TPSA) is 20.2 Å². The molecule has 2 heteroatoms. The first-order chi connectivity index (χ1) is 7.82. The summed E-state index contributed by atoms with van der Waals surface area (Å²) in [7, 11) is 0. The number of phenolic OH excluding ortho intramolecular Hbond substituents is 1.